The van der Waals surface area contributed by atoms with E-state index in [0.29, 0.717) is 42.2 Å². The standard InChI is InChI=1S/C27H34N2O4/c1-18(2)33-17-7-16-29-25(30)23(19-8-14-22(32-6)15-9-19)24(26(29)31)28-21-12-10-20(11-13-21)27(3,4)5/h8-15,18,28H,7,16-17H2,1-6H3. The Bertz CT molecular complexity index is 1020. The molecule has 2 amide bonds. The van der Waals surface area contributed by atoms with E-state index in [1.807, 2.05) is 38.1 Å². The molecule has 33 heavy (non-hydrogen) atoms. The first-order valence-corrected chi connectivity index (χ1v) is 11.4. The second-order valence-electron chi connectivity index (χ2n) is 9.47. The first-order chi connectivity index (χ1) is 15.6. The molecule has 6 nitrogen and oxygen atoms in total. The Morgan fingerprint density at radius 3 is 2.12 bits per heavy atom. The zero-order valence-corrected chi connectivity index (χ0v) is 20.4. The second-order valence-corrected chi connectivity index (χ2v) is 9.47. The summed E-state index contributed by atoms with van der Waals surface area (Å²) in [6.45, 7) is 11.2. The fraction of sp³-hybridized carbons (Fsp3) is 0.407. The Morgan fingerprint density at radius 1 is 0.939 bits per heavy atom. The Hall–Kier alpha value is -3.12. The van der Waals surface area contributed by atoms with Gasteiger partial charge in [0.05, 0.1) is 18.8 Å². The van der Waals surface area contributed by atoms with Crippen LogP contribution in [0.25, 0.3) is 5.57 Å². The highest BCUT2D eigenvalue weighted by atomic mass is 16.5. The molecule has 0 bridgehead atoms. The molecule has 176 valence electrons. The van der Waals surface area contributed by atoms with Gasteiger partial charge in [-0.15, -0.1) is 0 Å². The van der Waals surface area contributed by atoms with Crippen molar-refractivity contribution in [2.24, 2.45) is 0 Å². The summed E-state index contributed by atoms with van der Waals surface area (Å²) in [5.41, 5.74) is 3.31. The monoisotopic (exact) mass is 450 g/mol. The highest BCUT2D eigenvalue weighted by Gasteiger charge is 2.38. The van der Waals surface area contributed by atoms with Crippen LogP contribution in [0.1, 0.15) is 52.2 Å². The van der Waals surface area contributed by atoms with Crippen LogP contribution in [-0.2, 0) is 19.7 Å². The SMILES string of the molecule is COc1ccc(C2=C(Nc3ccc(C(C)(C)C)cc3)C(=O)N(CCCOC(C)C)C2=O)cc1. The molecule has 1 heterocycles. The maximum Gasteiger partial charge on any atom is 0.278 e. The van der Waals surface area contributed by atoms with Crippen LogP contribution in [0, 0.1) is 0 Å². The third kappa shape index (κ3) is 5.82. The highest BCUT2D eigenvalue weighted by Crippen LogP contribution is 2.32. The summed E-state index contributed by atoms with van der Waals surface area (Å²) in [7, 11) is 1.59. The number of ether oxygens (including phenoxy) is 2. The fourth-order valence-corrected chi connectivity index (χ4v) is 3.66. The number of benzene rings is 2. The van der Waals surface area contributed by atoms with E-state index in [9.17, 15) is 9.59 Å². The second kappa shape index (κ2) is 10.2. The average molecular weight is 451 g/mol. The molecule has 1 aliphatic rings. The van der Waals surface area contributed by atoms with E-state index in [4.69, 9.17) is 9.47 Å². The molecule has 1 aliphatic heterocycles. The number of anilines is 1. The number of hydrogen-bond acceptors (Lipinski definition) is 5. The van der Waals surface area contributed by atoms with E-state index in [1.165, 1.54) is 10.5 Å². The zero-order chi connectivity index (χ0) is 24.2. The molecule has 0 radical (unpaired) electrons. The van der Waals surface area contributed by atoms with Crippen LogP contribution >= 0.6 is 0 Å². The van der Waals surface area contributed by atoms with Crippen molar-refractivity contribution in [2.75, 3.05) is 25.6 Å². The van der Waals surface area contributed by atoms with Crippen LogP contribution in [0.2, 0.25) is 0 Å². The van der Waals surface area contributed by atoms with Crippen LogP contribution in [0.5, 0.6) is 5.75 Å². The van der Waals surface area contributed by atoms with Crippen molar-refractivity contribution < 1.29 is 19.1 Å². The molecule has 0 spiro atoms. The molecule has 0 atom stereocenters. The molecule has 0 saturated heterocycles. The van der Waals surface area contributed by atoms with Crippen molar-refractivity contribution in [1.82, 2.24) is 4.90 Å². The topological polar surface area (TPSA) is 67.9 Å². The van der Waals surface area contributed by atoms with Gasteiger partial charge in [0, 0.05) is 18.8 Å². The van der Waals surface area contributed by atoms with Gasteiger partial charge in [-0.05, 0) is 61.1 Å². The normalized spacial score (nSPS) is 14.5. The van der Waals surface area contributed by atoms with Gasteiger partial charge in [0.1, 0.15) is 11.4 Å². The third-order valence-electron chi connectivity index (χ3n) is 5.54. The van der Waals surface area contributed by atoms with Crippen molar-refractivity contribution in [1.29, 1.82) is 0 Å². The predicted molar refractivity (Wildman–Crippen MR) is 131 cm³/mol. The molecule has 0 aliphatic carbocycles. The molecule has 3 rings (SSSR count). The summed E-state index contributed by atoms with van der Waals surface area (Å²) in [5, 5.41) is 3.22. The Kier molecular flexibility index (Phi) is 7.59. The lowest BCUT2D eigenvalue weighted by molar-refractivity contribution is -0.137. The molecular weight excluding hydrogens is 416 g/mol. The van der Waals surface area contributed by atoms with Gasteiger partial charge in [0.2, 0.25) is 0 Å². The van der Waals surface area contributed by atoms with E-state index in [1.54, 1.807) is 31.4 Å². The first-order valence-electron chi connectivity index (χ1n) is 11.4. The van der Waals surface area contributed by atoms with E-state index in [0.717, 1.165) is 5.69 Å². The van der Waals surface area contributed by atoms with Crippen LogP contribution in [0.3, 0.4) is 0 Å². The number of carbonyl (C=O) groups excluding carboxylic acids is 2. The Balaban J connectivity index is 1.90. The number of carbonyl (C=O) groups is 2. The van der Waals surface area contributed by atoms with Gasteiger partial charge in [0.25, 0.3) is 11.8 Å². The minimum Gasteiger partial charge on any atom is -0.497 e. The number of imide groups is 1. The van der Waals surface area contributed by atoms with Gasteiger partial charge in [-0.1, -0.05) is 45.0 Å². The summed E-state index contributed by atoms with van der Waals surface area (Å²) in [5.74, 6) is 0.0601. The van der Waals surface area contributed by atoms with Gasteiger partial charge >= 0.3 is 0 Å². The lowest BCUT2D eigenvalue weighted by Crippen LogP contribution is -2.34. The quantitative estimate of drug-likeness (QED) is 0.430. The molecule has 2 aromatic carbocycles. The minimum absolute atomic E-state index is 0.0278. The lowest BCUT2D eigenvalue weighted by atomic mass is 9.87. The number of hydrogen-bond donors (Lipinski definition) is 1. The molecule has 0 saturated carbocycles. The summed E-state index contributed by atoms with van der Waals surface area (Å²) in [6.07, 6.45) is 0.690. The molecule has 0 unspecified atom stereocenters. The maximum atomic E-state index is 13.3. The third-order valence-corrected chi connectivity index (χ3v) is 5.54. The Morgan fingerprint density at radius 2 is 1.58 bits per heavy atom. The number of nitrogens with one attached hydrogen (secondary N) is 1. The summed E-state index contributed by atoms with van der Waals surface area (Å²) in [4.78, 5) is 27.9. The smallest absolute Gasteiger partial charge is 0.278 e. The largest absolute Gasteiger partial charge is 0.497 e. The number of amides is 2. The average Bonchev–Trinajstić information content (AvgIpc) is 3.00. The lowest BCUT2D eigenvalue weighted by Gasteiger charge is -2.19. The number of methoxy groups -OCH3 is 1. The van der Waals surface area contributed by atoms with Crippen molar-refractivity contribution in [3.63, 3.8) is 0 Å². The summed E-state index contributed by atoms with van der Waals surface area (Å²) < 4.78 is 10.8. The van der Waals surface area contributed by atoms with Gasteiger partial charge in [-0.2, -0.15) is 0 Å². The molecule has 6 heteroatoms. The van der Waals surface area contributed by atoms with Gasteiger partial charge < -0.3 is 14.8 Å². The molecule has 1 N–H and O–H groups in total. The van der Waals surface area contributed by atoms with E-state index < -0.39 is 0 Å². The summed E-state index contributed by atoms with van der Waals surface area (Å²) >= 11 is 0. The van der Waals surface area contributed by atoms with Crippen molar-refractivity contribution in [2.45, 2.75) is 52.6 Å². The molecule has 2 aromatic rings. The maximum absolute atomic E-state index is 13.3. The van der Waals surface area contributed by atoms with E-state index >= 15 is 0 Å². The van der Waals surface area contributed by atoms with Crippen molar-refractivity contribution in [3.8, 4) is 5.75 Å². The van der Waals surface area contributed by atoms with Crippen LogP contribution in [-0.4, -0.2) is 43.1 Å². The van der Waals surface area contributed by atoms with E-state index in [-0.39, 0.29) is 23.3 Å². The minimum atomic E-state index is -0.324. The molecular formula is C27H34N2O4. The fourth-order valence-electron chi connectivity index (χ4n) is 3.66. The van der Waals surface area contributed by atoms with Crippen LogP contribution in [0.4, 0.5) is 5.69 Å². The molecule has 0 aromatic heterocycles. The number of rotatable bonds is 9. The van der Waals surface area contributed by atoms with Crippen molar-refractivity contribution in [3.05, 3.63) is 65.4 Å². The Labute approximate surface area is 196 Å². The van der Waals surface area contributed by atoms with Gasteiger partial charge in [-0.3, -0.25) is 14.5 Å². The van der Waals surface area contributed by atoms with Gasteiger partial charge in [0.15, 0.2) is 0 Å². The van der Waals surface area contributed by atoms with Gasteiger partial charge in [-0.25, -0.2) is 0 Å². The van der Waals surface area contributed by atoms with E-state index in [2.05, 4.69) is 26.1 Å². The van der Waals surface area contributed by atoms with Crippen LogP contribution in [0.15, 0.2) is 54.2 Å². The summed E-state index contributed by atoms with van der Waals surface area (Å²) in [6, 6.07) is 15.1. The van der Waals surface area contributed by atoms with Crippen LogP contribution < -0.4 is 10.1 Å². The number of nitrogens with zero attached hydrogens (tertiary/aromatic N) is 1. The predicted octanol–water partition coefficient (Wildman–Crippen LogP) is 5.00. The highest BCUT2D eigenvalue weighted by molar-refractivity contribution is 6.36. The molecule has 0 fully saturated rings. The first kappa shape index (κ1) is 24.5. The van der Waals surface area contributed by atoms with Crippen molar-refractivity contribution >= 4 is 23.1 Å². The zero-order valence-electron chi connectivity index (χ0n) is 20.4.